The van der Waals surface area contributed by atoms with Crippen molar-refractivity contribution >= 4 is 5.97 Å². The number of aromatic nitrogens is 2. The largest absolute Gasteiger partial charge is 0.468 e. The predicted molar refractivity (Wildman–Crippen MR) is 82.1 cm³/mol. The van der Waals surface area contributed by atoms with Crippen molar-refractivity contribution in [1.29, 1.82) is 0 Å². The molecule has 1 heterocycles. The topological polar surface area (TPSA) is 56.1 Å². The third-order valence-corrected chi connectivity index (χ3v) is 4.93. The molecule has 1 aliphatic carbocycles. The number of ether oxygens (including phenoxy) is 1. The zero-order valence-electron chi connectivity index (χ0n) is 13.6. The maximum absolute atomic E-state index is 12.3. The number of carbonyl (C=O) groups is 1. The van der Waals surface area contributed by atoms with E-state index in [9.17, 15) is 4.79 Å². The minimum Gasteiger partial charge on any atom is -0.468 e. The van der Waals surface area contributed by atoms with Crippen molar-refractivity contribution in [3.8, 4) is 0 Å². The lowest BCUT2D eigenvalue weighted by atomic mass is 9.84. The number of likely N-dealkylation sites (N-methyl/N-ethyl adjacent to an activating group) is 1. The molecule has 5 heteroatoms. The molecule has 1 N–H and O–H groups in total. The van der Waals surface area contributed by atoms with Gasteiger partial charge in [-0.05, 0) is 45.6 Å². The minimum absolute atomic E-state index is 0.106. The van der Waals surface area contributed by atoms with Gasteiger partial charge in [0.2, 0.25) is 0 Å². The second-order valence-electron chi connectivity index (χ2n) is 5.98. The maximum Gasteiger partial charge on any atom is 0.326 e. The number of aryl methyl sites for hydroxylation is 2. The van der Waals surface area contributed by atoms with Crippen LogP contribution in [0.5, 0.6) is 0 Å². The first-order chi connectivity index (χ1) is 10.0. The molecule has 1 saturated carbocycles. The summed E-state index contributed by atoms with van der Waals surface area (Å²) in [5, 5.41) is 3.42. The number of methoxy groups -OCH3 is 1. The number of hydrogen-bond acceptors (Lipinski definition) is 4. The summed E-state index contributed by atoms with van der Waals surface area (Å²) in [6.45, 7) is 7.85. The molecular weight excluding hydrogens is 266 g/mol. The van der Waals surface area contributed by atoms with Gasteiger partial charge < -0.3 is 14.6 Å². The van der Waals surface area contributed by atoms with E-state index in [0.29, 0.717) is 5.92 Å². The molecule has 2 rings (SSSR count). The third kappa shape index (κ3) is 2.98. The number of carbonyl (C=O) groups excluding carboxylic acids is 1. The average molecular weight is 293 g/mol. The van der Waals surface area contributed by atoms with E-state index in [0.717, 1.165) is 44.5 Å². The summed E-state index contributed by atoms with van der Waals surface area (Å²) >= 11 is 0. The number of rotatable bonds is 6. The molecule has 21 heavy (non-hydrogen) atoms. The minimum atomic E-state index is -0.493. The van der Waals surface area contributed by atoms with Gasteiger partial charge in [0.05, 0.1) is 19.1 Å². The van der Waals surface area contributed by atoms with Gasteiger partial charge in [-0.3, -0.25) is 4.79 Å². The van der Waals surface area contributed by atoms with Crippen molar-refractivity contribution in [1.82, 2.24) is 14.9 Å². The molecule has 2 unspecified atom stereocenters. The fraction of sp³-hybridized carbons (Fsp3) is 0.750. The summed E-state index contributed by atoms with van der Waals surface area (Å²) in [4.78, 5) is 16.7. The summed E-state index contributed by atoms with van der Waals surface area (Å²) in [6.07, 6.45) is 5.90. The molecule has 0 aromatic carbocycles. The highest BCUT2D eigenvalue weighted by atomic mass is 16.5. The molecule has 1 aromatic heterocycles. The first kappa shape index (κ1) is 16.0. The lowest BCUT2D eigenvalue weighted by Crippen LogP contribution is -2.55. The highest BCUT2D eigenvalue weighted by Gasteiger charge is 2.48. The molecular formula is C16H27N3O2. The lowest BCUT2D eigenvalue weighted by Gasteiger charge is -2.33. The number of nitrogens with one attached hydrogen (secondary N) is 1. The van der Waals surface area contributed by atoms with E-state index in [-0.39, 0.29) is 5.97 Å². The van der Waals surface area contributed by atoms with Gasteiger partial charge in [0.1, 0.15) is 5.54 Å². The second-order valence-corrected chi connectivity index (χ2v) is 5.98. The molecule has 0 radical (unpaired) electrons. The Morgan fingerprint density at radius 3 is 2.90 bits per heavy atom. The Hall–Kier alpha value is -1.36. The number of imidazole rings is 1. The van der Waals surface area contributed by atoms with Crippen LogP contribution >= 0.6 is 0 Å². The predicted octanol–water partition coefficient (Wildman–Crippen LogP) is 2.21. The molecule has 2 atom stereocenters. The Morgan fingerprint density at radius 1 is 1.57 bits per heavy atom. The van der Waals surface area contributed by atoms with Gasteiger partial charge in [0.25, 0.3) is 0 Å². The number of hydrogen-bond donors (Lipinski definition) is 1. The van der Waals surface area contributed by atoms with E-state index >= 15 is 0 Å². The second kappa shape index (κ2) is 6.60. The zero-order valence-corrected chi connectivity index (χ0v) is 13.6. The Bertz CT molecular complexity index is 498. The van der Waals surface area contributed by atoms with Crippen LogP contribution in [0.3, 0.4) is 0 Å². The summed E-state index contributed by atoms with van der Waals surface area (Å²) in [5.41, 5.74) is 1.79. The SMILES string of the molecule is CCNC1(C(=O)OC)CCCC1CCn1cnc(C)c1C. The van der Waals surface area contributed by atoms with Gasteiger partial charge in [-0.15, -0.1) is 0 Å². The van der Waals surface area contributed by atoms with E-state index in [1.807, 2.05) is 20.2 Å². The van der Waals surface area contributed by atoms with E-state index in [2.05, 4.69) is 21.8 Å². The molecule has 0 spiro atoms. The molecule has 0 saturated heterocycles. The van der Waals surface area contributed by atoms with Crippen molar-refractivity contribution in [3.63, 3.8) is 0 Å². The third-order valence-electron chi connectivity index (χ3n) is 4.93. The molecule has 1 aliphatic rings. The maximum atomic E-state index is 12.3. The Labute approximate surface area is 127 Å². The smallest absolute Gasteiger partial charge is 0.326 e. The zero-order chi connectivity index (χ0) is 15.5. The summed E-state index contributed by atoms with van der Waals surface area (Å²) in [6, 6.07) is 0. The van der Waals surface area contributed by atoms with Gasteiger partial charge in [-0.25, -0.2) is 4.98 Å². The monoisotopic (exact) mass is 293 g/mol. The van der Waals surface area contributed by atoms with Crippen LogP contribution in [0, 0.1) is 19.8 Å². The van der Waals surface area contributed by atoms with E-state index < -0.39 is 5.54 Å². The van der Waals surface area contributed by atoms with Crippen LogP contribution < -0.4 is 5.32 Å². The number of esters is 1. The first-order valence-corrected chi connectivity index (χ1v) is 7.87. The fourth-order valence-electron chi connectivity index (χ4n) is 3.60. The van der Waals surface area contributed by atoms with Crippen LogP contribution in [0.4, 0.5) is 0 Å². The lowest BCUT2D eigenvalue weighted by molar-refractivity contribution is -0.150. The summed E-state index contributed by atoms with van der Waals surface area (Å²) in [5.74, 6) is 0.220. The molecule has 0 bridgehead atoms. The van der Waals surface area contributed by atoms with E-state index in [4.69, 9.17) is 4.74 Å². The molecule has 0 amide bonds. The van der Waals surface area contributed by atoms with Crippen LogP contribution in [0.25, 0.3) is 0 Å². The van der Waals surface area contributed by atoms with Gasteiger partial charge in [0.15, 0.2) is 0 Å². The molecule has 0 aliphatic heterocycles. The van der Waals surface area contributed by atoms with E-state index in [1.54, 1.807) is 0 Å². The Kier molecular flexibility index (Phi) is 5.04. The van der Waals surface area contributed by atoms with Crippen molar-refractivity contribution in [3.05, 3.63) is 17.7 Å². The normalized spacial score (nSPS) is 25.2. The molecule has 1 aromatic rings. The molecule has 5 nitrogen and oxygen atoms in total. The fourth-order valence-corrected chi connectivity index (χ4v) is 3.60. The Morgan fingerprint density at radius 2 is 2.33 bits per heavy atom. The Balaban J connectivity index is 2.10. The van der Waals surface area contributed by atoms with Gasteiger partial charge in [-0.1, -0.05) is 13.3 Å². The van der Waals surface area contributed by atoms with Crippen molar-refractivity contribution < 1.29 is 9.53 Å². The standard InChI is InChI=1S/C16H27N3O2/c1-5-18-16(15(20)21-4)9-6-7-14(16)8-10-19-11-17-12(2)13(19)3/h11,14,18H,5-10H2,1-4H3. The summed E-state index contributed by atoms with van der Waals surface area (Å²) in [7, 11) is 1.49. The van der Waals surface area contributed by atoms with Crippen molar-refractivity contribution in [2.24, 2.45) is 5.92 Å². The van der Waals surface area contributed by atoms with Crippen LogP contribution in [0.1, 0.15) is 44.0 Å². The van der Waals surface area contributed by atoms with Crippen LogP contribution in [-0.2, 0) is 16.1 Å². The average Bonchev–Trinajstić information content (AvgIpc) is 3.03. The highest BCUT2D eigenvalue weighted by molar-refractivity contribution is 5.81. The van der Waals surface area contributed by atoms with Crippen LogP contribution in [0.2, 0.25) is 0 Å². The van der Waals surface area contributed by atoms with Crippen LogP contribution in [-0.4, -0.2) is 34.7 Å². The highest BCUT2D eigenvalue weighted by Crippen LogP contribution is 2.39. The van der Waals surface area contributed by atoms with Gasteiger partial charge >= 0.3 is 5.97 Å². The van der Waals surface area contributed by atoms with Crippen LogP contribution in [0.15, 0.2) is 6.33 Å². The summed E-state index contributed by atoms with van der Waals surface area (Å²) < 4.78 is 7.26. The quantitative estimate of drug-likeness (QED) is 0.817. The van der Waals surface area contributed by atoms with E-state index in [1.165, 1.54) is 12.8 Å². The van der Waals surface area contributed by atoms with Crippen molar-refractivity contribution in [2.75, 3.05) is 13.7 Å². The number of nitrogens with zero attached hydrogens (tertiary/aromatic N) is 2. The molecule has 1 fully saturated rings. The van der Waals surface area contributed by atoms with Gasteiger partial charge in [-0.2, -0.15) is 0 Å². The molecule has 118 valence electrons. The van der Waals surface area contributed by atoms with Gasteiger partial charge in [0, 0.05) is 12.2 Å². The van der Waals surface area contributed by atoms with Crippen molar-refractivity contribution in [2.45, 2.75) is 58.5 Å². The first-order valence-electron chi connectivity index (χ1n) is 7.87.